The van der Waals surface area contributed by atoms with Crippen LogP contribution in [0.1, 0.15) is 60.8 Å². The van der Waals surface area contributed by atoms with E-state index in [1.165, 1.54) is 19.3 Å². The summed E-state index contributed by atoms with van der Waals surface area (Å²) in [6.45, 7) is 6.00. The van der Waals surface area contributed by atoms with Crippen LogP contribution in [0.3, 0.4) is 0 Å². The summed E-state index contributed by atoms with van der Waals surface area (Å²) in [6, 6.07) is 0.338. The topological polar surface area (TPSA) is 57.8 Å². The number of nitrogens with one attached hydrogen (secondary N) is 2. The molecule has 2 atom stereocenters. The smallest absolute Gasteiger partial charge is 0.255 e. The lowest BCUT2D eigenvalue weighted by molar-refractivity contribution is 0.0918. The van der Waals surface area contributed by atoms with E-state index in [9.17, 15) is 4.79 Å². The largest absolute Gasteiger partial charge is 0.349 e. The van der Waals surface area contributed by atoms with E-state index in [-0.39, 0.29) is 5.91 Å². The fraction of sp³-hybridized carbons (Fsp3) is 0.714. The molecule has 1 heterocycles. The second-order valence-electron chi connectivity index (χ2n) is 5.42. The Bertz CT molecular complexity index is 405. The number of amides is 1. The van der Waals surface area contributed by atoms with Gasteiger partial charge in [-0.3, -0.25) is 9.89 Å². The number of carbonyl (C=O) groups excluding carboxylic acids is 1. The van der Waals surface area contributed by atoms with E-state index in [2.05, 4.69) is 22.4 Å². The number of aryl methyl sites for hydroxylation is 2. The minimum absolute atomic E-state index is 0.0282. The normalized spacial score (nSPS) is 23.9. The van der Waals surface area contributed by atoms with Crippen molar-refractivity contribution < 1.29 is 4.79 Å². The summed E-state index contributed by atoms with van der Waals surface area (Å²) in [7, 11) is 0. The molecule has 1 amide bonds. The highest BCUT2D eigenvalue weighted by Crippen LogP contribution is 2.26. The molecular weight excluding hydrogens is 226 g/mol. The zero-order valence-electron chi connectivity index (χ0n) is 11.5. The molecule has 1 saturated carbocycles. The average Bonchev–Trinajstić information content (AvgIpc) is 2.69. The lowest BCUT2D eigenvalue weighted by atomic mass is 9.84. The number of aromatic amines is 1. The number of nitrogens with zero attached hydrogens (tertiary/aromatic N) is 1. The molecule has 2 rings (SSSR count). The van der Waals surface area contributed by atoms with Crippen molar-refractivity contribution in [3.63, 3.8) is 0 Å². The van der Waals surface area contributed by atoms with Crippen LogP contribution in [0.25, 0.3) is 0 Å². The molecular formula is C14H23N3O. The van der Waals surface area contributed by atoms with Gasteiger partial charge in [0.2, 0.25) is 0 Å². The van der Waals surface area contributed by atoms with Crippen LogP contribution in [-0.2, 0) is 0 Å². The Hall–Kier alpha value is -1.32. The van der Waals surface area contributed by atoms with Crippen LogP contribution in [0.15, 0.2) is 0 Å². The molecule has 1 aromatic rings. The number of H-pyrrole nitrogens is 1. The molecule has 0 radical (unpaired) electrons. The zero-order chi connectivity index (χ0) is 13.1. The second-order valence-corrected chi connectivity index (χ2v) is 5.42. The minimum Gasteiger partial charge on any atom is -0.349 e. The quantitative estimate of drug-likeness (QED) is 0.865. The Kier molecular flexibility index (Phi) is 4.04. The van der Waals surface area contributed by atoms with Crippen molar-refractivity contribution in [2.24, 2.45) is 5.92 Å². The van der Waals surface area contributed by atoms with Crippen LogP contribution in [0.2, 0.25) is 0 Å². The Morgan fingerprint density at radius 3 is 2.83 bits per heavy atom. The third-order valence-electron chi connectivity index (χ3n) is 4.05. The first-order valence-electron chi connectivity index (χ1n) is 6.94. The van der Waals surface area contributed by atoms with Gasteiger partial charge >= 0.3 is 0 Å². The Morgan fingerprint density at radius 1 is 1.44 bits per heavy atom. The number of aromatic nitrogens is 2. The van der Waals surface area contributed by atoms with Gasteiger partial charge in [0, 0.05) is 11.7 Å². The lowest BCUT2D eigenvalue weighted by Gasteiger charge is -2.29. The molecule has 1 fully saturated rings. The van der Waals surface area contributed by atoms with E-state index in [4.69, 9.17) is 0 Å². The van der Waals surface area contributed by atoms with Gasteiger partial charge in [0.25, 0.3) is 5.91 Å². The van der Waals surface area contributed by atoms with E-state index in [1.807, 2.05) is 13.8 Å². The molecule has 0 aromatic carbocycles. The van der Waals surface area contributed by atoms with Crippen molar-refractivity contribution in [2.45, 2.75) is 58.9 Å². The molecule has 100 valence electrons. The zero-order valence-corrected chi connectivity index (χ0v) is 11.5. The van der Waals surface area contributed by atoms with Crippen molar-refractivity contribution in [1.82, 2.24) is 15.5 Å². The fourth-order valence-electron chi connectivity index (χ4n) is 2.94. The summed E-state index contributed by atoms with van der Waals surface area (Å²) in [6.07, 6.45) is 5.99. The summed E-state index contributed by atoms with van der Waals surface area (Å²) in [4.78, 5) is 12.2. The highest BCUT2D eigenvalue weighted by atomic mass is 16.1. The minimum atomic E-state index is 0.0282. The number of carbonyl (C=O) groups is 1. The molecule has 1 aliphatic rings. The highest BCUT2D eigenvalue weighted by molar-refractivity contribution is 5.96. The first-order valence-corrected chi connectivity index (χ1v) is 6.94. The third kappa shape index (κ3) is 2.74. The molecule has 18 heavy (non-hydrogen) atoms. The Balaban J connectivity index is 1.99. The van der Waals surface area contributed by atoms with Crippen molar-refractivity contribution >= 4 is 5.91 Å². The molecule has 2 N–H and O–H groups in total. The fourth-order valence-corrected chi connectivity index (χ4v) is 2.94. The first kappa shape index (κ1) is 13.1. The predicted octanol–water partition coefficient (Wildman–Crippen LogP) is 2.73. The Labute approximate surface area is 109 Å². The predicted molar refractivity (Wildman–Crippen MR) is 71.6 cm³/mol. The number of hydrogen-bond donors (Lipinski definition) is 2. The molecule has 1 aromatic heterocycles. The van der Waals surface area contributed by atoms with Gasteiger partial charge < -0.3 is 5.32 Å². The maximum absolute atomic E-state index is 12.2. The molecule has 2 unspecified atom stereocenters. The monoisotopic (exact) mass is 249 g/mol. The molecule has 1 aliphatic carbocycles. The molecule has 0 spiro atoms. The number of rotatable bonds is 3. The standard InChI is InChI=1S/C14H23N3O/c1-4-11-6-5-7-12(8-11)15-14(18)13-9(2)16-17-10(13)3/h11-12H,4-8H2,1-3H3,(H,15,18)(H,16,17). The van der Waals surface area contributed by atoms with Crippen LogP contribution in [-0.4, -0.2) is 22.1 Å². The summed E-state index contributed by atoms with van der Waals surface area (Å²) in [5, 5.41) is 10.1. The van der Waals surface area contributed by atoms with E-state index in [0.717, 1.165) is 30.1 Å². The van der Waals surface area contributed by atoms with Crippen molar-refractivity contribution in [3.05, 3.63) is 17.0 Å². The SMILES string of the molecule is CCC1CCCC(NC(=O)c2c(C)n[nH]c2C)C1. The van der Waals surface area contributed by atoms with Crippen molar-refractivity contribution in [3.8, 4) is 0 Å². The van der Waals surface area contributed by atoms with Gasteiger partial charge in [0.1, 0.15) is 0 Å². The molecule has 4 heteroatoms. The first-order chi connectivity index (χ1) is 8.61. The highest BCUT2D eigenvalue weighted by Gasteiger charge is 2.24. The summed E-state index contributed by atoms with van der Waals surface area (Å²) < 4.78 is 0. The number of hydrogen-bond acceptors (Lipinski definition) is 2. The van der Waals surface area contributed by atoms with E-state index in [0.29, 0.717) is 11.6 Å². The van der Waals surface area contributed by atoms with Crippen LogP contribution in [0.5, 0.6) is 0 Å². The van der Waals surface area contributed by atoms with Crippen LogP contribution < -0.4 is 5.32 Å². The maximum Gasteiger partial charge on any atom is 0.255 e. The summed E-state index contributed by atoms with van der Waals surface area (Å²) in [5.41, 5.74) is 2.36. The van der Waals surface area contributed by atoms with Gasteiger partial charge in [-0.05, 0) is 32.6 Å². The molecule has 0 saturated heterocycles. The van der Waals surface area contributed by atoms with Gasteiger partial charge in [-0.15, -0.1) is 0 Å². The Morgan fingerprint density at radius 2 is 2.22 bits per heavy atom. The average molecular weight is 249 g/mol. The van der Waals surface area contributed by atoms with Gasteiger partial charge in [0.15, 0.2) is 0 Å². The van der Waals surface area contributed by atoms with E-state index < -0.39 is 0 Å². The van der Waals surface area contributed by atoms with Crippen molar-refractivity contribution in [1.29, 1.82) is 0 Å². The summed E-state index contributed by atoms with van der Waals surface area (Å²) >= 11 is 0. The van der Waals surface area contributed by atoms with Crippen LogP contribution in [0, 0.1) is 19.8 Å². The summed E-state index contributed by atoms with van der Waals surface area (Å²) in [5.74, 6) is 0.802. The maximum atomic E-state index is 12.2. The third-order valence-corrected chi connectivity index (χ3v) is 4.05. The molecule has 4 nitrogen and oxygen atoms in total. The van der Waals surface area contributed by atoms with Crippen molar-refractivity contribution in [2.75, 3.05) is 0 Å². The van der Waals surface area contributed by atoms with Gasteiger partial charge in [-0.1, -0.05) is 26.2 Å². The van der Waals surface area contributed by atoms with E-state index >= 15 is 0 Å². The van der Waals surface area contributed by atoms with Gasteiger partial charge in [-0.2, -0.15) is 5.10 Å². The van der Waals surface area contributed by atoms with E-state index in [1.54, 1.807) is 0 Å². The van der Waals surface area contributed by atoms with Crippen LogP contribution in [0.4, 0.5) is 0 Å². The van der Waals surface area contributed by atoms with Gasteiger partial charge in [-0.25, -0.2) is 0 Å². The van der Waals surface area contributed by atoms with Gasteiger partial charge in [0.05, 0.1) is 11.3 Å². The molecule has 0 aliphatic heterocycles. The van der Waals surface area contributed by atoms with Crippen LogP contribution >= 0.6 is 0 Å². The second kappa shape index (κ2) is 5.55. The molecule has 0 bridgehead atoms. The lowest BCUT2D eigenvalue weighted by Crippen LogP contribution is -2.38.